The van der Waals surface area contributed by atoms with Crippen LogP contribution >= 0.6 is 0 Å². The standard InChI is InChI=1S/C5H5N.C4H9NO/c1-2-4-6-5-3-1;1-4(6)5(2)3/h1-5H;1-3H3. The third-order valence-corrected chi connectivity index (χ3v) is 1.20. The van der Waals surface area contributed by atoms with Gasteiger partial charge in [0.1, 0.15) is 0 Å². The monoisotopic (exact) mass is 166 g/mol. The van der Waals surface area contributed by atoms with Crippen LogP contribution in [0.4, 0.5) is 0 Å². The first-order chi connectivity index (χ1) is 5.64. The highest BCUT2D eigenvalue weighted by Crippen LogP contribution is 1.73. The van der Waals surface area contributed by atoms with Crippen LogP contribution in [0.3, 0.4) is 0 Å². The quantitative estimate of drug-likeness (QED) is 0.579. The van der Waals surface area contributed by atoms with Gasteiger partial charge in [-0.1, -0.05) is 6.07 Å². The van der Waals surface area contributed by atoms with E-state index in [0.717, 1.165) is 0 Å². The molecular formula is C9H14N2O. The van der Waals surface area contributed by atoms with Crippen molar-refractivity contribution in [1.29, 1.82) is 0 Å². The average molecular weight is 166 g/mol. The van der Waals surface area contributed by atoms with Crippen molar-refractivity contribution in [1.82, 2.24) is 9.88 Å². The van der Waals surface area contributed by atoms with Crippen molar-refractivity contribution in [2.75, 3.05) is 14.1 Å². The van der Waals surface area contributed by atoms with Crippen LogP contribution in [0, 0.1) is 0 Å². The Balaban J connectivity index is 0.000000202. The van der Waals surface area contributed by atoms with E-state index in [4.69, 9.17) is 0 Å². The predicted molar refractivity (Wildman–Crippen MR) is 48.6 cm³/mol. The van der Waals surface area contributed by atoms with E-state index >= 15 is 0 Å². The zero-order chi connectivity index (χ0) is 9.40. The summed E-state index contributed by atoms with van der Waals surface area (Å²) in [5, 5.41) is 0. The number of carbonyl (C=O) groups is 1. The van der Waals surface area contributed by atoms with E-state index in [1.54, 1.807) is 26.5 Å². The molecule has 0 atom stereocenters. The lowest BCUT2D eigenvalue weighted by Crippen LogP contribution is -2.17. The maximum Gasteiger partial charge on any atom is 0.218 e. The smallest absolute Gasteiger partial charge is 0.218 e. The van der Waals surface area contributed by atoms with E-state index in [1.165, 1.54) is 11.8 Å². The zero-order valence-corrected chi connectivity index (χ0v) is 7.69. The van der Waals surface area contributed by atoms with Crippen molar-refractivity contribution in [3.8, 4) is 0 Å². The molecule has 1 rings (SSSR count). The number of nitrogens with zero attached hydrogens (tertiary/aromatic N) is 2. The molecule has 0 aliphatic carbocycles. The molecule has 0 saturated heterocycles. The molecule has 3 heteroatoms. The van der Waals surface area contributed by atoms with Crippen molar-refractivity contribution in [2.24, 2.45) is 0 Å². The van der Waals surface area contributed by atoms with Crippen LogP contribution in [0.1, 0.15) is 6.92 Å². The first-order valence-electron chi connectivity index (χ1n) is 3.67. The van der Waals surface area contributed by atoms with Crippen LogP contribution in [0.5, 0.6) is 0 Å². The molecule has 1 heterocycles. The number of hydrogen-bond acceptors (Lipinski definition) is 2. The van der Waals surface area contributed by atoms with E-state index in [0.29, 0.717) is 0 Å². The first kappa shape index (κ1) is 10.6. The molecule has 3 nitrogen and oxygen atoms in total. The zero-order valence-electron chi connectivity index (χ0n) is 7.69. The molecule has 0 spiro atoms. The number of rotatable bonds is 0. The second kappa shape index (κ2) is 6.34. The fourth-order valence-corrected chi connectivity index (χ4v) is 0.313. The van der Waals surface area contributed by atoms with Crippen molar-refractivity contribution in [2.45, 2.75) is 6.92 Å². The van der Waals surface area contributed by atoms with Gasteiger partial charge in [0.2, 0.25) is 5.91 Å². The van der Waals surface area contributed by atoms with Crippen LogP contribution in [0.15, 0.2) is 30.6 Å². The molecule has 1 aromatic rings. The number of carbonyl (C=O) groups excluding carboxylic acids is 1. The largest absolute Gasteiger partial charge is 0.349 e. The minimum Gasteiger partial charge on any atom is -0.349 e. The van der Waals surface area contributed by atoms with Crippen molar-refractivity contribution >= 4 is 5.91 Å². The maximum atomic E-state index is 10.1. The van der Waals surface area contributed by atoms with Crippen LogP contribution < -0.4 is 0 Å². The lowest BCUT2D eigenvalue weighted by Gasteiger charge is -2.02. The van der Waals surface area contributed by atoms with Gasteiger partial charge in [0, 0.05) is 33.4 Å². The second-order valence-corrected chi connectivity index (χ2v) is 2.44. The second-order valence-electron chi connectivity index (χ2n) is 2.44. The summed E-state index contributed by atoms with van der Waals surface area (Å²) >= 11 is 0. The summed E-state index contributed by atoms with van der Waals surface area (Å²) in [6, 6.07) is 5.72. The Hall–Kier alpha value is -1.38. The van der Waals surface area contributed by atoms with E-state index in [9.17, 15) is 4.79 Å². The van der Waals surface area contributed by atoms with Crippen molar-refractivity contribution in [3.63, 3.8) is 0 Å². The Kier molecular flexibility index (Phi) is 5.61. The summed E-state index contributed by atoms with van der Waals surface area (Å²) in [7, 11) is 3.45. The highest BCUT2D eigenvalue weighted by atomic mass is 16.2. The molecule has 1 amide bonds. The van der Waals surface area contributed by atoms with Gasteiger partial charge in [0.05, 0.1) is 0 Å². The molecule has 12 heavy (non-hydrogen) atoms. The van der Waals surface area contributed by atoms with Gasteiger partial charge in [-0.2, -0.15) is 0 Å². The molecule has 0 unspecified atom stereocenters. The first-order valence-corrected chi connectivity index (χ1v) is 3.67. The Labute approximate surface area is 73.0 Å². The number of aromatic nitrogens is 1. The summed E-state index contributed by atoms with van der Waals surface area (Å²) in [5.41, 5.74) is 0. The lowest BCUT2D eigenvalue weighted by molar-refractivity contribution is -0.126. The molecule has 0 N–H and O–H groups in total. The summed E-state index contributed by atoms with van der Waals surface area (Å²) in [6.07, 6.45) is 3.50. The highest BCUT2D eigenvalue weighted by Gasteiger charge is 1.87. The summed E-state index contributed by atoms with van der Waals surface area (Å²) in [5.74, 6) is 0.0926. The summed E-state index contributed by atoms with van der Waals surface area (Å²) in [6.45, 7) is 1.53. The molecular weight excluding hydrogens is 152 g/mol. The SMILES string of the molecule is CC(=O)N(C)C.c1ccncc1. The number of pyridine rings is 1. The number of hydrogen-bond donors (Lipinski definition) is 0. The molecule has 0 fully saturated rings. The third-order valence-electron chi connectivity index (χ3n) is 1.20. The molecule has 0 radical (unpaired) electrons. The molecule has 0 aromatic carbocycles. The van der Waals surface area contributed by atoms with Gasteiger partial charge in [0.15, 0.2) is 0 Å². The molecule has 0 bridgehead atoms. The molecule has 0 saturated carbocycles. The van der Waals surface area contributed by atoms with Crippen molar-refractivity contribution < 1.29 is 4.79 Å². The minimum absolute atomic E-state index is 0.0926. The lowest BCUT2D eigenvalue weighted by atomic mass is 10.5. The third kappa shape index (κ3) is 6.74. The van der Waals surface area contributed by atoms with Gasteiger partial charge in [-0.15, -0.1) is 0 Å². The Morgan fingerprint density at radius 2 is 1.58 bits per heavy atom. The van der Waals surface area contributed by atoms with Crippen LogP contribution in [0.25, 0.3) is 0 Å². The van der Waals surface area contributed by atoms with Crippen LogP contribution in [-0.4, -0.2) is 29.9 Å². The average Bonchev–Trinajstić information content (AvgIpc) is 2.08. The van der Waals surface area contributed by atoms with E-state index in [1.807, 2.05) is 18.2 Å². The van der Waals surface area contributed by atoms with Gasteiger partial charge >= 0.3 is 0 Å². The van der Waals surface area contributed by atoms with E-state index in [-0.39, 0.29) is 5.91 Å². The van der Waals surface area contributed by atoms with Gasteiger partial charge < -0.3 is 4.90 Å². The summed E-state index contributed by atoms with van der Waals surface area (Å²) in [4.78, 5) is 15.4. The van der Waals surface area contributed by atoms with E-state index < -0.39 is 0 Å². The van der Waals surface area contributed by atoms with Gasteiger partial charge in [0.25, 0.3) is 0 Å². The predicted octanol–water partition coefficient (Wildman–Crippen LogP) is 1.18. The van der Waals surface area contributed by atoms with Crippen molar-refractivity contribution in [3.05, 3.63) is 30.6 Å². The van der Waals surface area contributed by atoms with Gasteiger partial charge in [-0.05, 0) is 12.1 Å². The maximum absolute atomic E-state index is 10.1. The Morgan fingerprint density at radius 3 is 1.67 bits per heavy atom. The topological polar surface area (TPSA) is 33.2 Å². The van der Waals surface area contributed by atoms with Crippen LogP contribution in [-0.2, 0) is 4.79 Å². The Morgan fingerprint density at radius 1 is 1.17 bits per heavy atom. The van der Waals surface area contributed by atoms with E-state index in [2.05, 4.69) is 4.98 Å². The molecule has 66 valence electrons. The fraction of sp³-hybridized carbons (Fsp3) is 0.333. The molecule has 1 aromatic heterocycles. The van der Waals surface area contributed by atoms with Gasteiger partial charge in [-0.25, -0.2) is 0 Å². The summed E-state index contributed by atoms with van der Waals surface area (Å²) < 4.78 is 0. The molecule has 0 aliphatic rings. The number of amides is 1. The minimum atomic E-state index is 0.0926. The highest BCUT2D eigenvalue weighted by molar-refractivity contribution is 5.72. The van der Waals surface area contributed by atoms with Gasteiger partial charge in [-0.3, -0.25) is 9.78 Å². The molecule has 0 aliphatic heterocycles. The Bertz CT molecular complexity index is 182. The van der Waals surface area contributed by atoms with Crippen LogP contribution in [0.2, 0.25) is 0 Å². The normalized spacial score (nSPS) is 7.92. The fourth-order valence-electron chi connectivity index (χ4n) is 0.313.